The molecule has 0 radical (unpaired) electrons. The first kappa shape index (κ1) is 24.1. The fraction of sp³-hybridized carbons (Fsp3) is 0.238. The number of nitrogens with zero attached hydrogens (tertiary/aromatic N) is 2. The van der Waals surface area contributed by atoms with Crippen molar-refractivity contribution in [1.29, 1.82) is 0 Å². The molecule has 0 fully saturated rings. The second kappa shape index (κ2) is 9.55. The summed E-state index contributed by atoms with van der Waals surface area (Å²) in [5, 5.41) is 15.9. The van der Waals surface area contributed by atoms with E-state index in [1.165, 1.54) is 22.9 Å². The van der Waals surface area contributed by atoms with Gasteiger partial charge in [-0.1, -0.05) is 0 Å². The largest absolute Gasteiger partial charge is 0.488 e. The third-order valence-electron chi connectivity index (χ3n) is 4.31. The van der Waals surface area contributed by atoms with Crippen LogP contribution in [-0.4, -0.2) is 48.2 Å². The number of benzene rings is 2. The molecule has 0 aliphatic rings. The molecule has 1 amide bonds. The van der Waals surface area contributed by atoms with E-state index in [1.807, 2.05) is 0 Å². The summed E-state index contributed by atoms with van der Waals surface area (Å²) in [4.78, 5) is 11.9. The molecule has 1 unspecified atom stereocenters. The summed E-state index contributed by atoms with van der Waals surface area (Å²) >= 11 is 0. The molecule has 1 atom stereocenters. The third-order valence-corrected chi connectivity index (χ3v) is 5.42. The highest BCUT2D eigenvalue weighted by Gasteiger charge is 2.20. The van der Waals surface area contributed by atoms with Crippen LogP contribution in [0.15, 0.2) is 47.5 Å². The third kappa shape index (κ3) is 6.05. The van der Waals surface area contributed by atoms with Gasteiger partial charge in [0.05, 0.1) is 6.61 Å². The molecule has 1 aromatic heterocycles. The first-order valence-corrected chi connectivity index (χ1v) is 11.5. The average molecular weight is 481 g/mol. The molecule has 0 saturated carbocycles. The minimum atomic E-state index is -3.99. The molecule has 0 aliphatic heterocycles. The van der Waals surface area contributed by atoms with E-state index in [0.29, 0.717) is 12.1 Å². The number of ether oxygens (including phenoxy) is 2. The number of carbonyl (C=O) groups excluding carboxylic acids is 1. The SMILES string of the molecule is CC(CO)Oc1cc(Oc2cc(F)c(S(C)(=O)=O)cc2F)cc(C(=O)Nc2ccn(C)n2)c1. The van der Waals surface area contributed by atoms with E-state index < -0.39 is 44.1 Å². The lowest BCUT2D eigenvalue weighted by Gasteiger charge is -2.15. The van der Waals surface area contributed by atoms with Gasteiger partial charge in [-0.3, -0.25) is 9.48 Å². The minimum absolute atomic E-state index is 0.0481. The van der Waals surface area contributed by atoms with Crippen molar-refractivity contribution in [1.82, 2.24) is 9.78 Å². The molecule has 176 valence electrons. The Hall–Kier alpha value is -3.51. The van der Waals surface area contributed by atoms with Gasteiger partial charge in [-0.2, -0.15) is 5.10 Å². The molecular formula is C21H21F2N3O6S. The lowest BCUT2D eigenvalue weighted by atomic mass is 10.2. The summed E-state index contributed by atoms with van der Waals surface area (Å²) in [5.41, 5.74) is 0.0481. The highest BCUT2D eigenvalue weighted by atomic mass is 32.2. The van der Waals surface area contributed by atoms with Gasteiger partial charge in [0, 0.05) is 43.3 Å². The maximum atomic E-state index is 14.5. The smallest absolute Gasteiger partial charge is 0.257 e. The lowest BCUT2D eigenvalue weighted by Crippen LogP contribution is -2.17. The predicted molar refractivity (Wildman–Crippen MR) is 114 cm³/mol. The number of halogens is 2. The fourth-order valence-electron chi connectivity index (χ4n) is 2.77. The molecule has 2 N–H and O–H groups in total. The standard InChI is InChI=1S/C21H21F2N3O6S/c1-12(11-27)31-14-6-13(21(28)24-20-4-5-26(2)25-20)7-15(8-14)32-18-9-17(23)19(10-16(18)22)33(3,29)30/h4-10,12,27H,11H2,1-3H3,(H,24,25,28). The molecule has 12 heteroatoms. The van der Waals surface area contributed by atoms with E-state index in [1.54, 1.807) is 26.2 Å². The highest BCUT2D eigenvalue weighted by molar-refractivity contribution is 7.90. The maximum absolute atomic E-state index is 14.5. The second-order valence-corrected chi connectivity index (χ2v) is 9.20. The van der Waals surface area contributed by atoms with Crippen LogP contribution < -0.4 is 14.8 Å². The molecule has 0 saturated heterocycles. The Morgan fingerprint density at radius 1 is 1.18 bits per heavy atom. The van der Waals surface area contributed by atoms with Crippen molar-refractivity contribution in [3.63, 3.8) is 0 Å². The summed E-state index contributed by atoms with van der Waals surface area (Å²) in [6.45, 7) is 1.27. The summed E-state index contributed by atoms with van der Waals surface area (Å²) in [5.74, 6) is -3.18. The number of aliphatic hydroxyl groups excluding tert-OH is 1. The van der Waals surface area contributed by atoms with Crippen molar-refractivity contribution < 1.29 is 36.6 Å². The van der Waals surface area contributed by atoms with E-state index in [9.17, 15) is 27.1 Å². The Kier molecular flexibility index (Phi) is 6.98. The number of amides is 1. The molecule has 1 heterocycles. The Balaban J connectivity index is 1.97. The predicted octanol–water partition coefficient (Wildman–Crippen LogP) is 2.91. The van der Waals surface area contributed by atoms with Crippen LogP contribution >= 0.6 is 0 Å². The van der Waals surface area contributed by atoms with Gasteiger partial charge in [-0.05, 0) is 25.1 Å². The summed E-state index contributed by atoms with van der Waals surface area (Å²) in [6.07, 6.45) is 1.75. The number of hydrogen-bond donors (Lipinski definition) is 2. The first-order valence-electron chi connectivity index (χ1n) is 9.57. The van der Waals surface area contributed by atoms with Gasteiger partial charge in [0.2, 0.25) is 0 Å². The van der Waals surface area contributed by atoms with Crippen LogP contribution in [0.4, 0.5) is 14.6 Å². The van der Waals surface area contributed by atoms with Crippen LogP contribution in [0.5, 0.6) is 17.2 Å². The first-order chi connectivity index (χ1) is 15.5. The molecule has 0 aliphatic carbocycles. The number of aliphatic hydroxyl groups is 1. The van der Waals surface area contributed by atoms with Crippen molar-refractivity contribution >= 4 is 21.6 Å². The number of aromatic nitrogens is 2. The van der Waals surface area contributed by atoms with Gasteiger partial charge in [0.15, 0.2) is 27.2 Å². The molecule has 3 rings (SSSR count). The average Bonchev–Trinajstić information content (AvgIpc) is 3.13. The van der Waals surface area contributed by atoms with Gasteiger partial charge in [-0.25, -0.2) is 17.2 Å². The molecule has 33 heavy (non-hydrogen) atoms. The minimum Gasteiger partial charge on any atom is -0.488 e. The number of rotatable bonds is 8. The molecule has 0 bridgehead atoms. The fourth-order valence-corrected chi connectivity index (χ4v) is 3.50. The van der Waals surface area contributed by atoms with E-state index in [-0.39, 0.29) is 29.5 Å². The number of carbonyl (C=O) groups is 1. The van der Waals surface area contributed by atoms with Gasteiger partial charge >= 0.3 is 0 Å². The maximum Gasteiger partial charge on any atom is 0.257 e. The van der Waals surface area contributed by atoms with E-state index in [4.69, 9.17) is 9.47 Å². The van der Waals surface area contributed by atoms with Gasteiger partial charge in [-0.15, -0.1) is 0 Å². The van der Waals surface area contributed by atoms with Gasteiger partial charge in [0.1, 0.15) is 28.3 Å². The molecule has 9 nitrogen and oxygen atoms in total. The number of aryl methyl sites for hydroxylation is 1. The molecular weight excluding hydrogens is 460 g/mol. The van der Waals surface area contributed by atoms with E-state index in [0.717, 1.165) is 6.26 Å². The summed E-state index contributed by atoms with van der Waals surface area (Å²) in [6, 6.07) is 6.64. The van der Waals surface area contributed by atoms with Crippen molar-refractivity contribution in [2.45, 2.75) is 17.9 Å². The lowest BCUT2D eigenvalue weighted by molar-refractivity contribution is 0.102. The molecule has 2 aromatic carbocycles. The van der Waals surface area contributed by atoms with Crippen LogP contribution in [0.1, 0.15) is 17.3 Å². The summed E-state index contributed by atoms with van der Waals surface area (Å²) in [7, 11) is -2.31. The zero-order valence-corrected chi connectivity index (χ0v) is 18.7. The van der Waals surface area contributed by atoms with Crippen molar-refractivity contribution in [3.05, 3.63) is 59.8 Å². The van der Waals surface area contributed by atoms with Crippen molar-refractivity contribution in [2.24, 2.45) is 7.05 Å². The monoisotopic (exact) mass is 481 g/mol. The van der Waals surface area contributed by atoms with Crippen LogP contribution in [0.25, 0.3) is 0 Å². The Morgan fingerprint density at radius 2 is 1.88 bits per heavy atom. The quantitative estimate of drug-likeness (QED) is 0.508. The van der Waals surface area contributed by atoms with Crippen LogP contribution in [0.3, 0.4) is 0 Å². The topological polar surface area (TPSA) is 120 Å². The molecule has 3 aromatic rings. The number of anilines is 1. The normalized spacial score (nSPS) is 12.3. The van der Waals surface area contributed by atoms with E-state index in [2.05, 4.69) is 10.4 Å². The highest BCUT2D eigenvalue weighted by Crippen LogP contribution is 2.32. The van der Waals surface area contributed by atoms with Gasteiger partial charge in [0.25, 0.3) is 5.91 Å². The van der Waals surface area contributed by atoms with Crippen LogP contribution in [0, 0.1) is 11.6 Å². The molecule has 0 spiro atoms. The summed E-state index contributed by atoms with van der Waals surface area (Å²) < 4.78 is 64.3. The van der Waals surface area contributed by atoms with Crippen molar-refractivity contribution in [2.75, 3.05) is 18.2 Å². The second-order valence-electron chi connectivity index (χ2n) is 7.22. The Morgan fingerprint density at radius 3 is 2.48 bits per heavy atom. The van der Waals surface area contributed by atoms with E-state index >= 15 is 0 Å². The Bertz CT molecular complexity index is 1290. The zero-order chi connectivity index (χ0) is 24.3. The van der Waals surface area contributed by atoms with Crippen LogP contribution in [0.2, 0.25) is 0 Å². The van der Waals surface area contributed by atoms with Crippen LogP contribution in [-0.2, 0) is 16.9 Å². The Labute approximate surface area is 188 Å². The van der Waals surface area contributed by atoms with Crippen molar-refractivity contribution in [3.8, 4) is 17.2 Å². The zero-order valence-electron chi connectivity index (χ0n) is 17.9. The van der Waals surface area contributed by atoms with Gasteiger partial charge < -0.3 is 19.9 Å². The number of hydrogen-bond acceptors (Lipinski definition) is 7. The number of nitrogens with one attached hydrogen (secondary N) is 1. The number of sulfone groups is 1.